The zero-order chi connectivity index (χ0) is 20.5. The highest BCUT2D eigenvalue weighted by atomic mass is 32.1. The second kappa shape index (κ2) is 7.80. The number of rotatable bonds is 5. The summed E-state index contributed by atoms with van der Waals surface area (Å²) in [4.78, 5) is 26.1. The lowest BCUT2D eigenvalue weighted by atomic mass is 9.76. The maximum absolute atomic E-state index is 13.5. The number of nitrogens with one attached hydrogen (secondary N) is 1. The van der Waals surface area contributed by atoms with E-state index in [4.69, 9.17) is 0 Å². The van der Waals surface area contributed by atoms with Crippen LogP contribution in [-0.2, 0) is 16.0 Å². The second-order valence-electron chi connectivity index (χ2n) is 7.46. The maximum atomic E-state index is 13.5. The molecule has 1 N–H and O–H groups in total. The van der Waals surface area contributed by atoms with Gasteiger partial charge in [0.25, 0.3) is 0 Å². The number of Topliss-reactive ketones (excluding diaryl/α,β-unsaturated/α-hetero) is 2. The lowest BCUT2D eigenvalue weighted by molar-refractivity contribution is -0.115. The molecule has 0 aliphatic carbocycles. The summed E-state index contributed by atoms with van der Waals surface area (Å²) in [6.07, 6.45) is 0.317. The third kappa shape index (κ3) is 3.56. The molecule has 0 fully saturated rings. The summed E-state index contributed by atoms with van der Waals surface area (Å²) in [7, 11) is 0. The maximum Gasteiger partial charge on any atom is 0.165 e. The van der Waals surface area contributed by atoms with E-state index >= 15 is 0 Å². The normalized spacial score (nSPS) is 16.9. The lowest BCUT2D eigenvalue weighted by Crippen LogP contribution is -2.31. The molecule has 1 atom stereocenters. The van der Waals surface area contributed by atoms with Crippen molar-refractivity contribution in [1.82, 2.24) is 5.32 Å². The second-order valence-corrected chi connectivity index (χ2v) is 8.38. The molecule has 2 aromatic carbocycles. The molecule has 3 aromatic rings. The number of ketones is 2. The first-order valence-electron chi connectivity index (χ1n) is 9.70. The van der Waals surface area contributed by atoms with Crippen LogP contribution in [0.5, 0.6) is 0 Å². The van der Waals surface area contributed by atoms with Gasteiger partial charge in [-0.05, 0) is 48.7 Å². The Morgan fingerprint density at radius 3 is 2.31 bits per heavy atom. The van der Waals surface area contributed by atoms with Crippen molar-refractivity contribution in [3.8, 4) is 0 Å². The molecule has 4 rings (SSSR count). The standard InChI is InChI=1S/C25H23NO2S/c1-15-23(17(3)27)25(20-14-29-22-12-8-7-11-19(20)22)24(16(2)26-15)21(28)13-18-9-5-4-6-10-18/h4-12,14,25-26H,13H2,1-3H3. The fourth-order valence-electron chi connectivity index (χ4n) is 4.24. The first-order chi connectivity index (χ1) is 14.0. The number of fused-ring (bicyclic) bond motifs is 1. The number of benzene rings is 2. The molecule has 3 nitrogen and oxygen atoms in total. The highest BCUT2D eigenvalue weighted by molar-refractivity contribution is 7.17. The van der Waals surface area contributed by atoms with Crippen molar-refractivity contribution in [2.75, 3.05) is 0 Å². The Labute approximate surface area is 174 Å². The molecule has 0 bridgehead atoms. The van der Waals surface area contributed by atoms with Gasteiger partial charge in [-0.1, -0.05) is 48.5 Å². The van der Waals surface area contributed by atoms with E-state index in [1.54, 1.807) is 18.3 Å². The van der Waals surface area contributed by atoms with E-state index in [9.17, 15) is 9.59 Å². The zero-order valence-corrected chi connectivity index (χ0v) is 17.6. The van der Waals surface area contributed by atoms with Crippen molar-refractivity contribution in [3.05, 3.63) is 93.6 Å². The minimum Gasteiger partial charge on any atom is -0.362 e. The molecule has 146 valence electrons. The van der Waals surface area contributed by atoms with E-state index in [1.807, 2.05) is 56.3 Å². The summed E-state index contributed by atoms with van der Waals surface area (Å²) in [5.41, 5.74) is 5.03. The van der Waals surface area contributed by atoms with Crippen molar-refractivity contribution < 1.29 is 9.59 Å². The van der Waals surface area contributed by atoms with Crippen LogP contribution in [0.2, 0.25) is 0 Å². The highest BCUT2D eigenvalue weighted by Crippen LogP contribution is 2.43. The monoisotopic (exact) mass is 401 g/mol. The first-order valence-corrected chi connectivity index (χ1v) is 10.6. The van der Waals surface area contributed by atoms with Gasteiger partial charge in [0.15, 0.2) is 11.6 Å². The van der Waals surface area contributed by atoms with Gasteiger partial charge >= 0.3 is 0 Å². The molecule has 0 saturated heterocycles. The van der Waals surface area contributed by atoms with Crippen molar-refractivity contribution in [1.29, 1.82) is 0 Å². The Morgan fingerprint density at radius 2 is 1.59 bits per heavy atom. The van der Waals surface area contributed by atoms with E-state index in [1.165, 1.54) is 0 Å². The fraction of sp³-hybridized carbons (Fsp3) is 0.200. The molecule has 1 aliphatic heterocycles. The van der Waals surface area contributed by atoms with E-state index < -0.39 is 0 Å². The van der Waals surface area contributed by atoms with Gasteiger partial charge in [-0.25, -0.2) is 0 Å². The summed E-state index contributed by atoms with van der Waals surface area (Å²) < 4.78 is 1.16. The topological polar surface area (TPSA) is 46.2 Å². The zero-order valence-electron chi connectivity index (χ0n) is 16.8. The number of carbonyl (C=O) groups excluding carboxylic acids is 2. The molecule has 0 radical (unpaired) electrons. The molecule has 1 aromatic heterocycles. The molecule has 1 unspecified atom stereocenters. The van der Waals surface area contributed by atoms with E-state index in [0.29, 0.717) is 17.6 Å². The number of carbonyl (C=O) groups is 2. The number of dihydropyridines is 1. The van der Waals surface area contributed by atoms with Crippen molar-refractivity contribution in [2.45, 2.75) is 33.1 Å². The van der Waals surface area contributed by atoms with Gasteiger partial charge in [-0.3, -0.25) is 9.59 Å². The molecule has 1 aliphatic rings. The average molecular weight is 402 g/mol. The predicted molar refractivity (Wildman–Crippen MR) is 119 cm³/mol. The van der Waals surface area contributed by atoms with Gasteiger partial charge in [0, 0.05) is 39.6 Å². The smallest absolute Gasteiger partial charge is 0.165 e. The number of thiophene rings is 1. The largest absolute Gasteiger partial charge is 0.362 e. The van der Waals surface area contributed by atoms with Crippen LogP contribution >= 0.6 is 11.3 Å². The van der Waals surface area contributed by atoms with Gasteiger partial charge in [-0.2, -0.15) is 0 Å². The molecule has 4 heteroatoms. The summed E-state index contributed by atoms with van der Waals surface area (Å²) in [5.74, 6) is -0.304. The molecular formula is C25H23NO2S. The minimum absolute atomic E-state index is 0.00667. The van der Waals surface area contributed by atoms with Gasteiger partial charge in [0.05, 0.1) is 0 Å². The summed E-state index contributed by atoms with van der Waals surface area (Å²) in [6.45, 7) is 5.43. The third-order valence-corrected chi connectivity index (χ3v) is 6.45. The Kier molecular flexibility index (Phi) is 5.20. The lowest BCUT2D eigenvalue weighted by Gasteiger charge is -2.31. The minimum atomic E-state index is -0.346. The van der Waals surface area contributed by atoms with Crippen molar-refractivity contribution in [2.24, 2.45) is 0 Å². The quantitative estimate of drug-likeness (QED) is 0.611. The van der Waals surface area contributed by atoms with Crippen molar-refractivity contribution >= 4 is 33.0 Å². The van der Waals surface area contributed by atoms with Crippen LogP contribution in [0, 0.1) is 0 Å². The van der Waals surface area contributed by atoms with E-state index in [-0.39, 0.29) is 17.5 Å². The van der Waals surface area contributed by atoms with Crippen LogP contribution < -0.4 is 5.32 Å². The van der Waals surface area contributed by atoms with Gasteiger partial charge < -0.3 is 5.32 Å². The molecule has 0 amide bonds. The van der Waals surface area contributed by atoms with Gasteiger partial charge in [0.1, 0.15) is 0 Å². The summed E-state index contributed by atoms with van der Waals surface area (Å²) in [5, 5.41) is 6.49. The van der Waals surface area contributed by atoms with Crippen LogP contribution in [0.4, 0.5) is 0 Å². The molecule has 29 heavy (non-hydrogen) atoms. The van der Waals surface area contributed by atoms with Crippen LogP contribution in [-0.4, -0.2) is 11.6 Å². The molecule has 0 saturated carbocycles. The van der Waals surface area contributed by atoms with Crippen LogP contribution in [0.1, 0.15) is 37.8 Å². The number of hydrogen-bond donors (Lipinski definition) is 1. The van der Waals surface area contributed by atoms with E-state index in [0.717, 1.165) is 32.6 Å². The van der Waals surface area contributed by atoms with Crippen molar-refractivity contribution in [3.63, 3.8) is 0 Å². The highest BCUT2D eigenvalue weighted by Gasteiger charge is 2.35. The predicted octanol–water partition coefficient (Wildman–Crippen LogP) is 5.54. The Bertz CT molecular complexity index is 1170. The van der Waals surface area contributed by atoms with E-state index in [2.05, 4.69) is 22.8 Å². The van der Waals surface area contributed by atoms with Crippen LogP contribution in [0.15, 0.2) is 82.5 Å². The number of allylic oxidation sites excluding steroid dienone is 4. The van der Waals surface area contributed by atoms with Crippen LogP contribution in [0.25, 0.3) is 10.1 Å². The number of hydrogen-bond acceptors (Lipinski definition) is 4. The fourth-order valence-corrected chi connectivity index (χ4v) is 5.23. The Hall–Kier alpha value is -2.98. The SMILES string of the molecule is CC(=O)C1=C(C)NC(C)=C(C(=O)Cc2ccccc2)C1c1csc2ccccc12. The summed E-state index contributed by atoms with van der Waals surface area (Å²) in [6, 6.07) is 17.9. The molecule has 0 spiro atoms. The van der Waals surface area contributed by atoms with Crippen LogP contribution in [0.3, 0.4) is 0 Å². The Balaban J connectivity index is 1.86. The first kappa shape index (κ1) is 19.3. The third-order valence-electron chi connectivity index (χ3n) is 5.47. The molecule has 2 heterocycles. The van der Waals surface area contributed by atoms with Gasteiger partial charge in [-0.15, -0.1) is 11.3 Å². The van der Waals surface area contributed by atoms with Gasteiger partial charge in [0.2, 0.25) is 0 Å². The summed E-state index contributed by atoms with van der Waals surface area (Å²) >= 11 is 1.65. The molecular weight excluding hydrogens is 378 g/mol. The average Bonchev–Trinajstić information content (AvgIpc) is 3.11. The Morgan fingerprint density at radius 1 is 0.931 bits per heavy atom.